The molecule has 0 aliphatic heterocycles. The molecule has 0 atom stereocenters. The highest BCUT2D eigenvalue weighted by Gasteiger charge is 2.24. The van der Waals surface area contributed by atoms with Crippen molar-refractivity contribution in [2.75, 3.05) is 0 Å². The SMILES string of the molecule is Cn1ccnc1COc1cccc([N+](=O)[O-])c1C(=O)O. The number of carboxylic acids is 1. The molecule has 1 aromatic heterocycles. The number of hydrogen-bond donors (Lipinski definition) is 1. The van der Waals surface area contributed by atoms with Crippen molar-refractivity contribution in [2.45, 2.75) is 6.61 Å². The van der Waals surface area contributed by atoms with Gasteiger partial charge in [-0.1, -0.05) is 6.07 Å². The zero-order valence-electron chi connectivity index (χ0n) is 10.5. The third kappa shape index (κ3) is 2.58. The van der Waals surface area contributed by atoms with E-state index in [1.165, 1.54) is 12.1 Å². The smallest absolute Gasteiger partial charge is 0.346 e. The molecule has 0 amide bonds. The lowest BCUT2D eigenvalue weighted by Crippen LogP contribution is -2.09. The van der Waals surface area contributed by atoms with Crippen LogP contribution in [0.4, 0.5) is 5.69 Å². The Bertz CT molecular complexity index is 665. The van der Waals surface area contributed by atoms with Gasteiger partial charge in [0.25, 0.3) is 5.69 Å². The summed E-state index contributed by atoms with van der Waals surface area (Å²) in [7, 11) is 1.76. The van der Waals surface area contributed by atoms with Crippen LogP contribution in [-0.2, 0) is 13.7 Å². The Morgan fingerprint density at radius 3 is 2.85 bits per heavy atom. The maximum atomic E-state index is 11.2. The zero-order valence-corrected chi connectivity index (χ0v) is 10.5. The number of aromatic nitrogens is 2. The van der Waals surface area contributed by atoms with Crippen LogP contribution in [0.15, 0.2) is 30.6 Å². The minimum absolute atomic E-state index is 0.0188. The largest absolute Gasteiger partial charge is 0.485 e. The van der Waals surface area contributed by atoms with Gasteiger partial charge in [0.15, 0.2) is 5.56 Å². The van der Waals surface area contributed by atoms with Gasteiger partial charge in [-0.15, -0.1) is 0 Å². The Morgan fingerprint density at radius 2 is 2.30 bits per heavy atom. The van der Waals surface area contributed by atoms with E-state index in [0.29, 0.717) is 5.82 Å². The van der Waals surface area contributed by atoms with E-state index >= 15 is 0 Å². The standard InChI is InChI=1S/C12H11N3O5/c1-14-6-5-13-10(14)7-20-9-4-2-3-8(15(18)19)11(9)12(16)17/h2-6H,7H2,1H3,(H,16,17). The Kier molecular flexibility index (Phi) is 3.65. The first-order chi connectivity index (χ1) is 9.50. The number of rotatable bonds is 5. The van der Waals surface area contributed by atoms with Gasteiger partial charge >= 0.3 is 5.97 Å². The van der Waals surface area contributed by atoms with E-state index in [1.54, 1.807) is 24.0 Å². The first kappa shape index (κ1) is 13.5. The molecule has 2 aromatic rings. The molecule has 2 rings (SSSR count). The summed E-state index contributed by atoms with van der Waals surface area (Å²) in [6, 6.07) is 3.87. The first-order valence-corrected chi connectivity index (χ1v) is 5.60. The lowest BCUT2D eigenvalue weighted by Gasteiger charge is -2.09. The van der Waals surface area contributed by atoms with Crippen LogP contribution in [0.5, 0.6) is 5.75 Å². The number of nitro benzene ring substituents is 1. The average Bonchev–Trinajstić information content (AvgIpc) is 2.81. The fourth-order valence-electron chi connectivity index (χ4n) is 1.68. The maximum Gasteiger partial charge on any atom is 0.346 e. The molecule has 8 nitrogen and oxygen atoms in total. The van der Waals surface area contributed by atoms with E-state index in [9.17, 15) is 14.9 Å². The van der Waals surface area contributed by atoms with Crippen molar-refractivity contribution in [3.63, 3.8) is 0 Å². The fourth-order valence-corrected chi connectivity index (χ4v) is 1.68. The lowest BCUT2D eigenvalue weighted by molar-refractivity contribution is -0.385. The number of aryl methyl sites for hydroxylation is 1. The molecule has 0 fully saturated rings. The van der Waals surface area contributed by atoms with Crippen LogP contribution in [0.1, 0.15) is 16.2 Å². The van der Waals surface area contributed by atoms with Gasteiger partial charge in [-0.05, 0) is 6.07 Å². The number of benzene rings is 1. The van der Waals surface area contributed by atoms with Gasteiger partial charge in [0, 0.05) is 25.5 Å². The highest BCUT2D eigenvalue weighted by molar-refractivity contribution is 5.95. The average molecular weight is 277 g/mol. The summed E-state index contributed by atoms with van der Waals surface area (Å²) in [6.45, 7) is 0.0188. The van der Waals surface area contributed by atoms with E-state index in [4.69, 9.17) is 9.84 Å². The van der Waals surface area contributed by atoms with E-state index in [2.05, 4.69) is 4.98 Å². The van der Waals surface area contributed by atoms with Crippen molar-refractivity contribution in [1.82, 2.24) is 9.55 Å². The minimum atomic E-state index is -1.41. The van der Waals surface area contributed by atoms with Gasteiger partial charge in [0.1, 0.15) is 18.2 Å². The Balaban J connectivity index is 2.32. The van der Waals surface area contributed by atoms with Crippen LogP contribution in [0.25, 0.3) is 0 Å². The van der Waals surface area contributed by atoms with Gasteiger partial charge in [0.05, 0.1) is 4.92 Å². The highest BCUT2D eigenvalue weighted by atomic mass is 16.6. The number of nitrogens with zero attached hydrogens (tertiary/aromatic N) is 3. The molecule has 1 aromatic carbocycles. The summed E-state index contributed by atoms with van der Waals surface area (Å²) in [5.41, 5.74) is -0.971. The van der Waals surface area contributed by atoms with Crippen LogP contribution in [0.3, 0.4) is 0 Å². The van der Waals surface area contributed by atoms with Gasteiger partial charge in [-0.2, -0.15) is 0 Å². The number of carbonyl (C=O) groups is 1. The summed E-state index contributed by atoms with van der Waals surface area (Å²) in [6.07, 6.45) is 3.29. The molecular weight excluding hydrogens is 266 g/mol. The first-order valence-electron chi connectivity index (χ1n) is 5.60. The fraction of sp³-hybridized carbons (Fsp3) is 0.167. The number of carboxylic acid groups (broad SMARTS) is 1. The molecule has 0 aliphatic rings. The third-order valence-electron chi connectivity index (χ3n) is 2.69. The summed E-state index contributed by atoms with van der Waals surface area (Å²) in [5.74, 6) is -0.894. The molecule has 20 heavy (non-hydrogen) atoms. The van der Waals surface area contributed by atoms with Gasteiger partial charge < -0.3 is 14.4 Å². The van der Waals surface area contributed by atoms with Crippen molar-refractivity contribution >= 4 is 11.7 Å². The maximum absolute atomic E-state index is 11.2. The van der Waals surface area contributed by atoms with E-state index in [1.807, 2.05) is 0 Å². The van der Waals surface area contributed by atoms with Crippen LogP contribution in [0.2, 0.25) is 0 Å². The molecule has 0 saturated carbocycles. The number of imidazole rings is 1. The molecule has 0 radical (unpaired) electrons. The second-order valence-electron chi connectivity index (χ2n) is 3.96. The van der Waals surface area contributed by atoms with E-state index < -0.39 is 22.1 Å². The van der Waals surface area contributed by atoms with Gasteiger partial charge in [-0.3, -0.25) is 10.1 Å². The topological polar surface area (TPSA) is 107 Å². The summed E-state index contributed by atoms with van der Waals surface area (Å²) in [5, 5.41) is 19.9. The van der Waals surface area contributed by atoms with Crippen molar-refractivity contribution in [2.24, 2.45) is 7.05 Å². The number of nitro groups is 1. The second kappa shape index (κ2) is 5.39. The molecule has 0 saturated heterocycles. The Hall–Kier alpha value is -2.90. The van der Waals surface area contributed by atoms with Gasteiger partial charge in [-0.25, -0.2) is 9.78 Å². The molecule has 0 spiro atoms. The Labute approximate surface area is 113 Å². The zero-order chi connectivity index (χ0) is 14.7. The van der Waals surface area contributed by atoms with Gasteiger partial charge in [0.2, 0.25) is 0 Å². The van der Waals surface area contributed by atoms with Crippen LogP contribution in [-0.4, -0.2) is 25.6 Å². The number of hydrogen-bond acceptors (Lipinski definition) is 5. The molecular formula is C12H11N3O5. The monoisotopic (exact) mass is 277 g/mol. The molecule has 0 bridgehead atoms. The molecule has 0 aliphatic carbocycles. The van der Waals surface area contributed by atoms with Crippen molar-refractivity contribution in [3.8, 4) is 5.75 Å². The van der Waals surface area contributed by atoms with E-state index in [0.717, 1.165) is 6.07 Å². The lowest BCUT2D eigenvalue weighted by atomic mass is 10.1. The minimum Gasteiger partial charge on any atom is -0.485 e. The van der Waals surface area contributed by atoms with Crippen LogP contribution < -0.4 is 4.74 Å². The highest BCUT2D eigenvalue weighted by Crippen LogP contribution is 2.28. The molecule has 1 heterocycles. The molecule has 0 unspecified atom stereocenters. The van der Waals surface area contributed by atoms with Crippen molar-refractivity contribution in [1.29, 1.82) is 0 Å². The summed E-state index contributed by atoms with van der Waals surface area (Å²) >= 11 is 0. The molecule has 1 N–H and O–H groups in total. The quantitative estimate of drug-likeness (QED) is 0.657. The number of aromatic carboxylic acids is 1. The van der Waals surface area contributed by atoms with Crippen molar-refractivity contribution < 1.29 is 19.6 Å². The molecule has 104 valence electrons. The van der Waals surface area contributed by atoms with E-state index in [-0.39, 0.29) is 12.4 Å². The Morgan fingerprint density at radius 1 is 1.55 bits per heavy atom. The van der Waals surface area contributed by atoms with Crippen LogP contribution >= 0.6 is 0 Å². The predicted octanol–water partition coefficient (Wildman–Crippen LogP) is 1.61. The third-order valence-corrected chi connectivity index (χ3v) is 2.69. The van der Waals surface area contributed by atoms with Crippen LogP contribution in [0, 0.1) is 10.1 Å². The second-order valence-corrected chi connectivity index (χ2v) is 3.96. The number of ether oxygens (including phenoxy) is 1. The summed E-state index contributed by atoms with van der Waals surface area (Å²) in [4.78, 5) is 25.3. The normalized spacial score (nSPS) is 10.2. The summed E-state index contributed by atoms with van der Waals surface area (Å²) < 4.78 is 7.05. The van der Waals surface area contributed by atoms with Crippen molar-refractivity contribution in [3.05, 3.63) is 52.1 Å². The predicted molar refractivity (Wildman–Crippen MR) is 67.6 cm³/mol. The molecule has 8 heteroatoms.